The minimum atomic E-state index is -0.240. The topological polar surface area (TPSA) is 98.0 Å². The van der Waals surface area contributed by atoms with Gasteiger partial charge in [0.2, 0.25) is 0 Å². The number of nitrogens with one attached hydrogen (secondary N) is 1. The average Bonchev–Trinajstić information content (AvgIpc) is 3.21. The van der Waals surface area contributed by atoms with E-state index in [1.165, 1.54) is 10.9 Å². The van der Waals surface area contributed by atoms with Gasteiger partial charge in [0, 0.05) is 25.0 Å². The molecule has 3 heterocycles. The molecule has 33 heavy (non-hydrogen) atoms. The van der Waals surface area contributed by atoms with E-state index < -0.39 is 0 Å². The van der Waals surface area contributed by atoms with Crippen molar-refractivity contribution in [2.75, 3.05) is 26.7 Å². The normalized spacial score (nSPS) is 14.7. The second kappa shape index (κ2) is 9.43. The maximum absolute atomic E-state index is 13.1. The maximum atomic E-state index is 13.1. The number of rotatable bonds is 5. The number of aromatic nitrogens is 3. The van der Waals surface area contributed by atoms with Crippen LogP contribution >= 0.6 is 0 Å². The molecule has 0 unspecified atom stereocenters. The van der Waals surface area contributed by atoms with Crippen LogP contribution in [0.15, 0.2) is 47.5 Å². The number of likely N-dealkylation sites (tertiary alicyclic amines) is 1. The van der Waals surface area contributed by atoms with Crippen molar-refractivity contribution >= 4 is 5.91 Å². The summed E-state index contributed by atoms with van der Waals surface area (Å²) in [5.74, 6) is 0.385. The summed E-state index contributed by atoms with van der Waals surface area (Å²) in [6.45, 7) is 6.50. The molecule has 1 aliphatic heterocycles. The highest BCUT2D eigenvalue weighted by atomic mass is 16.2. The van der Waals surface area contributed by atoms with Gasteiger partial charge in [-0.15, -0.1) is 0 Å². The number of H-pyrrole nitrogens is 1. The van der Waals surface area contributed by atoms with Gasteiger partial charge in [-0.3, -0.25) is 14.7 Å². The van der Waals surface area contributed by atoms with E-state index in [9.17, 15) is 9.59 Å². The highest BCUT2D eigenvalue weighted by Gasteiger charge is 2.26. The molecule has 1 N–H and O–H groups in total. The molecule has 3 aromatic rings. The molecule has 1 aromatic carbocycles. The SMILES string of the molecule is CCN(C(=O)c1ccc(-n2[nH]cc(-c3ccc(C#N)cc3C)c2=O)nc1)C1CCN(C)CC1. The molecule has 0 spiro atoms. The molecule has 8 heteroatoms. The Kier molecular flexibility index (Phi) is 6.43. The van der Waals surface area contributed by atoms with Gasteiger partial charge >= 0.3 is 0 Å². The quantitative estimate of drug-likeness (QED) is 0.652. The van der Waals surface area contributed by atoms with Crippen LogP contribution in [0.3, 0.4) is 0 Å². The fourth-order valence-corrected chi connectivity index (χ4v) is 4.45. The van der Waals surface area contributed by atoms with Crippen LogP contribution in [0.2, 0.25) is 0 Å². The predicted molar refractivity (Wildman–Crippen MR) is 126 cm³/mol. The van der Waals surface area contributed by atoms with Gasteiger partial charge in [-0.2, -0.15) is 5.26 Å². The summed E-state index contributed by atoms with van der Waals surface area (Å²) < 4.78 is 1.36. The van der Waals surface area contributed by atoms with Crippen molar-refractivity contribution in [3.05, 3.63) is 69.8 Å². The molecule has 8 nitrogen and oxygen atoms in total. The number of nitrogens with zero attached hydrogens (tertiary/aromatic N) is 5. The lowest BCUT2D eigenvalue weighted by atomic mass is 10.0. The number of hydrogen-bond acceptors (Lipinski definition) is 5. The van der Waals surface area contributed by atoms with Crippen LogP contribution in [0.25, 0.3) is 16.9 Å². The van der Waals surface area contributed by atoms with Crippen LogP contribution in [0.5, 0.6) is 0 Å². The van der Waals surface area contributed by atoms with Gasteiger partial charge in [0.25, 0.3) is 11.5 Å². The van der Waals surface area contributed by atoms with Gasteiger partial charge in [-0.1, -0.05) is 6.07 Å². The summed E-state index contributed by atoms with van der Waals surface area (Å²) in [7, 11) is 2.10. The number of hydrogen-bond donors (Lipinski definition) is 1. The van der Waals surface area contributed by atoms with Crippen LogP contribution in [0.4, 0.5) is 0 Å². The molecule has 0 atom stereocenters. The number of aryl methyl sites for hydroxylation is 1. The van der Waals surface area contributed by atoms with Crippen LogP contribution in [-0.2, 0) is 0 Å². The van der Waals surface area contributed by atoms with E-state index >= 15 is 0 Å². The summed E-state index contributed by atoms with van der Waals surface area (Å²) in [4.78, 5) is 34.8. The Morgan fingerprint density at radius 3 is 2.61 bits per heavy atom. The molecular formula is C25H28N6O2. The highest BCUT2D eigenvalue weighted by molar-refractivity contribution is 5.94. The summed E-state index contributed by atoms with van der Waals surface area (Å²) >= 11 is 0. The molecule has 0 bridgehead atoms. The second-order valence-corrected chi connectivity index (χ2v) is 8.50. The summed E-state index contributed by atoms with van der Waals surface area (Å²) in [5, 5.41) is 12.0. The Morgan fingerprint density at radius 1 is 1.24 bits per heavy atom. The zero-order valence-electron chi connectivity index (χ0n) is 19.2. The molecule has 1 amide bonds. The number of amides is 1. The maximum Gasteiger partial charge on any atom is 0.280 e. The van der Waals surface area contributed by atoms with Crippen LogP contribution in [0, 0.1) is 18.3 Å². The minimum Gasteiger partial charge on any atom is -0.336 e. The Hall–Kier alpha value is -3.70. The zero-order chi connectivity index (χ0) is 23.5. The number of carbonyl (C=O) groups excluding carboxylic acids is 1. The van der Waals surface area contributed by atoms with Crippen LogP contribution in [0.1, 0.15) is 41.3 Å². The standard InChI is InChI=1S/C25H28N6O2/c1-4-30(20-9-11-29(3)12-10-20)24(32)19-6-8-23(27-15-19)31-25(33)22(16-28-31)21-7-5-18(14-26)13-17(21)2/h5-8,13,15-16,20,28H,4,9-12H2,1-3H3. The number of benzene rings is 1. The predicted octanol–water partition coefficient (Wildman–Crippen LogP) is 2.96. The lowest BCUT2D eigenvalue weighted by Gasteiger charge is -2.36. The van der Waals surface area contributed by atoms with E-state index in [1.807, 2.05) is 18.7 Å². The Bertz CT molecular complexity index is 1240. The molecular weight excluding hydrogens is 416 g/mol. The lowest BCUT2D eigenvalue weighted by Crippen LogP contribution is -2.46. The van der Waals surface area contributed by atoms with Crippen molar-refractivity contribution in [2.24, 2.45) is 0 Å². The van der Waals surface area contributed by atoms with Gasteiger partial charge in [0.15, 0.2) is 5.82 Å². The Balaban J connectivity index is 1.56. The lowest BCUT2D eigenvalue weighted by molar-refractivity contribution is 0.0606. The first-order valence-corrected chi connectivity index (χ1v) is 11.2. The van der Waals surface area contributed by atoms with Crippen molar-refractivity contribution in [3.8, 4) is 23.0 Å². The smallest absolute Gasteiger partial charge is 0.280 e. The number of pyridine rings is 1. The Labute approximate surface area is 193 Å². The molecule has 1 fully saturated rings. The van der Waals surface area contributed by atoms with Gasteiger partial charge in [-0.05, 0) is 82.2 Å². The van der Waals surface area contributed by atoms with Gasteiger partial charge in [0.1, 0.15) is 0 Å². The molecule has 0 radical (unpaired) electrons. The summed E-state index contributed by atoms with van der Waals surface area (Å²) in [6.07, 6.45) is 5.11. The van der Waals surface area contributed by atoms with E-state index in [4.69, 9.17) is 5.26 Å². The monoisotopic (exact) mass is 444 g/mol. The fraction of sp³-hybridized carbons (Fsp3) is 0.360. The molecule has 1 saturated heterocycles. The summed E-state index contributed by atoms with van der Waals surface area (Å²) in [6, 6.07) is 11.0. The van der Waals surface area contributed by atoms with E-state index in [0.29, 0.717) is 29.1 Å². The third-order valence-corrected chi connectivity index (χ3v) is 6.37. The highest BCUT2D eigenvalue weighted by Crippen LogP contribution is 2.22. The summed E-state index contributed by atoms with van der Waals surface area (Å²) in [5.41, 5.74) is 2.93. The van der Waals surface area contributed by atoms with Crippen molar-refractivity contribution in [1.29, 1.82) is 5.26 Å². The third kappa shape index (κ3) is 4.45. The molecule has 170 valence electrons. The molecule has 0 saturated carbocycles. The molecule has 0 aliphatic carbocycles. The van der Waals surface area contributed by atoms with Crippen molar-refractivity contribution < 1.29 is 4.79 Å². The molecule has 2 aromatic heterocycles. The number of aromatic amines is 1. The largest absolute Gasteiger partial charge is 0.336 e. The molecule has 4 rings (SSSR count). The fourth-order valence-electron chi connectivity index (χ4n) is 4.45. The van der Waals surface area contributed by atoms with E-state index in [0.717, 1.165) is 37.1 Å². The number of carbonyl (C=O) groups is 1. The Morgan fingerprint density at radius 2 is 2.00 bits per heavy atom. The van der Waals surface area contributed by atoms with Crippen molar-refractivity contribution in [2.45, 2.75) is 32.7 Å². The van der Waals surface area contributed by atoms with Gasteiger partial charge < -0.3 is 9.80 Å². The van der Waals surface area contributed by atoms with Crippen molar-refractivity contribution in [1.82, 2.24) is 24.6 Å². The van der Waals surface area contributed by atoms with Gasteiger partial charge in [-0.25, -0.2) is 9.67 Å². The first kappa shape index (κ1) is 22.5. The van der Waals surface area contributed by atoms with Gasteiger partial charge in [0.05, 0.1) is 22.8 Å². The second-order valence-electron chi connectivity index (χ2n) is 8.50. The minimum absolute atomic E-state index is 0.0289. The average molecular weight is 445 g/mol. The molecule has 1 aliphatic rings. The first-order chi connectivity index (χ1) is 15.9. The first-order valence-electron chi connectivity index (χ1n) is 11.2. The van der Waals surface area contributed by atoms with Crippen LogP contribution in [-0.4, -0.2) is 63.2 Å². The van der Waals surface area contributed by atoms with Crippen molar-refractivity contribution in [3.63, 3.8) is 0 Å². The van der Waals surface area contributed by atoms with E-state index in [1.54, 1.807) is 36.5 Å². The van der Waals surface area contributed by atoms with E-state index in [-0.39, 0.29) is 17.5 Å². The van der Waals surface area contributed by atoms with E-state index in [2.05, 4.69) is 28.1 Å². The number of piperidine rings is 1. The zero-order valence-corrected chi connectivity index (χ0v) is 19.2. The van der Waals surface area contributed by atoms with Crippen LogP contribution < -0.4 is 5.56 Å². The number of nitriles is 1. The third-order valence-electron chi connectivity index (χ3n) is 6.37.